The van der Waals surface area contributed by atoms with E-state index in [0.29, 0.717) is 18.4 Å². The summed E-state index contributed by atoms with van der Waals surface area (Å²) in [6, 6.07) is 3.94. The molecule has 0 aromatic heterocycles. The summed E-state index contributed by atoms with van der Waals surface area (Å²) in [6.07, 6.45) is -3.14. The highest BCUT2D eigenvalue weighted by molar-refractivity contribution is 5.87. The van der Waals surface area contributed by atoms with Crippen LogP contribution in [-0.2, 0) is 19.0 Å². The molecule has 7 atom stereocenters. The van der Waals surface area contributed by atoms with E-state index >= 15 is 0 Å². The van der Waals surface area contributed by atoms with E-state index in [1.807, 2.05) is 0 Å². The number of phenolic OH excluding ortho intramolecular Hbond substituents is 2. The van der Waals surface area contributed by atoms with Crippen LogP contribution < -0.4 is 0 Å². The molecule has 10 heteroatoms. The van der Waals surface area contributed by atoms with E-state index in [9.17, 15) is 35.4 Å². The summed E-state index contributed by atoms with van der Waals surface area (Å²) in [6.45, 7) is -0.600. The number of carbonyl (C=O) groups excluding carboxylic acids is 1. The Hall–Kier alpha value is -2.21. The summed E-state index contributed by atoms with van der Waals surface area (Å²) in [5, 5.41) is 59.4. The minimum Gasteiger partial charge on any atom is -0.504 e. The smallest absolute Gasteiger partial charge is 0.331 e. The molecule has 2 fully saturated rings. The molecule has 1 aliphatic carbocycles. The van der Waals surface area contributed by atoms with Gasteiger partial charge in [-0.25, -0.2) is 4.79 Å². The van der Waals surface area contributed by atoms with Crippen LogP contribution in [0.25, 0.3) is 6.08 Å². The number of aliphatic hydroxyl groups excluding tert-OH is 4. The number of carbonyl (C=O) groups is 1. The fraction of sp³-hybridized carbons (Fsp3) is 0.571. The highest BCUT2D eigenvalue weighted by atomic mass is 16.7. The van der Waals surface area contributed by atoms with Gasteiger partial charge in [-0.3, -0.25) is 0 Å². The van der Waals surface area contributed by atoms with Crippen LogP contribution in [0.5, 0.6) is 11.5 Å². The van der Waals surface area contributed by atoms with Crippen molar-refractivity contribution in [3.8, 4) is 11.5 Å². The average Bonchev–Trinajstić information content (AvgIpc) is 2.75. The van der Waals surface area contributed by atoms with Gasteiger partial charge in [0.2, 0.25) is 0 Å². The molecule has 6 N–H and O–H groups in total. The number of hydrogen-bond donors (Lipinski definition) is 6. The first-order chi connectivity index (χ1) is 14.8. The van der Waals surface area contributed by atoms with Gasteiger partial charge in [0, 0.05) is 6.08 Å². The van der Waals surface area contributed by atoms with Crippen LogP contribution >= 0.6 is 0 Å². The minimum atomic E-state index is -1.55. The van der Waals surface area contributed by atoms with E-state index in [0.717, 1.165) is 18.9 Å². The molecule has 0 radical (unpaired) electrons. The predicted octanol–water partition coefficient (Wildman–Crippen LogP) is -0.218. The zero-order valence-corrected chi connectivity index (χ0v) is 16.8. The van der Waals surface area contributed by atoms with E-state index in [-0.39, 0.29) is 11.5 Å². The molecule has 1 saturated carbocycles. The molecule has 10 nitrogen and oxygen atoms in total. The second-order valence-corrected chi connectivity index (χ2v) is 7.72. The molecule has 1 aliphatic heterocycles. The van der Waals surface area contributed by atoms with Gasteiger partial charge in [-0.05, 0) is 36.6 Å². The van der Waals surface area contributed by atoms with Gasteiger partial charge in [0.15, 0.2) is 23.9 Å². The summed E-state index contributed by atoms with van der Waals surface area (Å²) in [4.78, 5) is 12.2. The monoisotopic (exact) mass is 440 g/mol. The highest BCUT2D eigenvalue weighted by Gasteiger charge is 2.48. The Kier molecular flexibility index (Phi) is 7.87. The van der Waals surface area contributed by atoms with Crippen LogP contribution in [0.2, 0.25) is 0 Å². The SMILES string of the molecule is O=C(C=Cc1ccc(O)c(O)c1)OC1C(O)C(CO)OC(OC2CCCCC2O)C1O. The predicted molar refractivity (Wildman–Crippen MR) is 106 cm³/mol. The largest absolute Gasteiger partial charge is 0.504 e. The van der Waals surface area contributed by atoms with E-state index in [4.69, 9.17) is 14.2 Å². The lowest BCUT2D eigenvalue weighted by Crippen LogP contribution is -2.61. The van der Waals surface area contributed by atoms with Gasteiger partial charge in [0.25, 0.3) is 0 Å². The number of aromatic hydroxyl groups is 2. The summed E-state index contributed by atoms with van der Waals surface area (Å²) in [7, 11) is 0. The lowest BCUT2D eigenvalue weighted by molar-refractivity contribution is -0.319. The minimum absolute atomic E-state index is 0.308. The van der Waals surface area contributed by atoms with Crippen molar-refractivity contribution in [2.75, 3.05) is 6.61 Å². The molecule has 1 heterocycles. The molecular weight excluding hydrogens is 412 g/mol. The summed E-state index contributed by atoms with van der Waals surface area (Å²) < 4.78 is 16.3. The van der Waals surface area contributed by atoms with E-state index < -0.39 is 55.5 Å². The molecule has 7 unspecified atom stereocenters. The van der Waals surface area contributed by atoms with Crippen LogP contribution in [-0.4, -0.2) is 86.1 Å². The number of rotatable bonds is 6. The lowest BCUT2D eigenvalue weighted by atomic mass is 9.94. The van der Waals surface area contributed by atoms with Crippen molar-refractivity contribution >= 4 is 12.0 Å². The topological polar surface area (TPSA) is 166 Å². The second kappa shape index (κ2) is 10.4. The van der Waals surface area contributed by atoms with Gasteiger partial charge in [-0.2, -0.15) is 0 Å². The van der Waals surface area contributed by atoms with Gasteiger partial charge in [-0.15, -0.1) is 0 Å². The molecule has 1 saturated heterocycles. The molecule has 31 heavy (non-hydrogen) atoms. The fourth-order valence-electron chi connectivity index (χ4n) is 3.69. The third-order valence-corrected chi connectivity index (χ3v) is 5.46. The maximum atomic E-state index is 12.2. The number of aliphatic hydroxyl groups is 4. The van der Waals surface area contributed by atoms with Crippen molar-refractivity contribution in [1.82, 2.24) is 0 Å². The van der Waals surface area contributed by atoms with Crippen molar-refractivity contribution < 1.29 is 49.6 Å². The molecule has 0 bridgehead atoms. The first-order valence-electron chi connectivity index (χ1n) is 10.2. The van der Waals surface area contributed by atoms with Gasteiger partial charge >= 0.3 is 5.97 Å². The van der Waals surface area contributed by atoms with Crippen molar-refractivity contribution in [2.24, 2.45) is 0 Å². The van der Waals surface area contributed by atoms with Gasteiger partial charge < -0.3 is 44.8 Å². The molecule has 1 aromatic rings. The van der Waals surface area contributed by atoms with Crippen molar-refractivity contribution in [1.29, 1.82) is 0 Å². The Bertz CT molecular complexity index is 781. The Labute approximate surface area is 178 Å². The molecule has 0 spiro atoms. The second-order valence-electron chi connectivity index (χ2n) is 7.72. The van der Waals surface area contributed by atoms with Crippen LogP contribution in [0.4, 0.5) is 0 Å². The fourth-order valence-corrected chi connectivity index (χ4v) is 3.69. The Morgan fingerprint density at radius 2 is 1.84 bits per heavy atom. The number of ether oxygens (including phenoxy) is 3. The molecule has 1 aromatic carbocycles. The summed E-state index contributed by atoms with van der Waals surface area (Å²) in [5.74, 6) is -1.57. The van der Waals surface area contributed by atoms with E-state index in [2.05, 4.69) is 0 Å². The van der Waals surface area contributed by atoms with E-state index in [1.165, 1.54) is 24.3 Å². The third kappa shape index (κ3) is 5.73. The van der Waals surface area contributed by atoms with Gasteiger partial charge in [0.1, 0.15) is 18.3 Å². The first-order valence-corrected chi connectivity index (χ1v) is 10.2. The Balaban J connectivity index is 1.67. The zero-order chi connectivity index (χ0) is 22.5. The Morgan fingerprint density at radius 1 is 1.10 bits per heavy atom. The number of benzene rings is 1. The van der Waals surface area contributed by atoms with Crippen molar-refractivity contribution in [3.05, 3.63) is 29.8 Å². The van der Waals surface area contributed by atoms with Gasteiger partial charge in [-0.1, -0.05) is 18.9 Å². The number of hydrogen-bond acceptors (Lipinski definition) is 10. The summed E-state index contributed by atoms with van der Waals surface area (Å²) in [5.41, 5.74) is 0.404. The first kappa shape index (κ1) is 23.5. The number of phenols is 2. The van der Waals surface area contributed by atoms with Gasteiger partial charge in [0.05, 0.1) is 18.8 Å². The molecule has 3 rings (SSSR count). The molecule has 172 valence electrons. The maximum absolute atomic E-state index is 12.2. The van der Waals surface area contributed by atoms with E-state index in [1.54, 1.807) is 0 Å². The van der Waals surface area contributed by atoms with Crippen molar-refractivity contribution in [2.45, 2.75) is 68.6 Å². The van der Waals surface area contributed by atoms with Crippen LogP contribution in [0, 0.1) is 0 Å². The third-order valence-electron chi connectivity index (χ3n) is 5.46. The highest BCUT2D eigenvalue weighted by Crippen LogP contribution is 2.29. The van der Waals surface area contributed by atoms with Crippen LogP contribution in [0.1, 0.15) is 31.2 Å². The maximum Gasteiger partial charge on any atom is 0.331 e. The quantitative estimate of drug-likeness (QED) is 0.198. The standard InChI is InChI=1S/C21H28O10/c22-10-16-18(27)20(19(28)21(30-16)29-15-4-2-1-3-13(15)24)31-17(26)8-6-11-5-7-12(23)14(25)9-11/h5-9,13,15-16,18-25,27-28H,1-4,10H2. The number of esters is 1. The zero-order valence-electron chi connectivity index (χ0n) is 16.8. The normalized spacial score (nSPS) is 34.0. The lowest BCUT2D eigenvalue weighted by Gasteiger charge is -2.43. The Morgan fingerprint density at radius 3 is 2.52 bits per heavy atom. The summed E-state index contributed by atoms with van der Waals surface area (Å²) >= 11 is 0. The molecule has 2 aliphatic rings. The van der Waals surface area contributed by atoms with Crippen LogP contribution in [0.3, 0.4) is 0 Å². The van der Waals surface area contributed by atoms with Crippen LogP contribution in [0.15, 0.2) is 24.3 Å². The average molecular weight is 440 g/mol. The molecule has 0 amide bonds. The molecular formula is C21H28O10. The van der Waals surface area contributed by atoms with Crippen molar-refractivity contribution in [3.63, 3.8) is 0 Å².